The van der Waals surface area contributed by atoms with Gasteiger partial charge in [0, 0.05) is 69.4 Å². The maximum Gasteiger partial charge on any atom is 0.325 e. The lowest BCUT2D eigenvalue weighted by Crippen LogP contribution is -2.62. The first-order chi connectivity index (χ1) is 41.7. The van der Waals surface area contributed by atoms with E-state index in [0.29, 0.717) is 49.2 Å². The van der Waals surface area contributed by atoms with Gasteiger partial charge in [-0.2, -0.15) is 0 Å². The van der Waals surface area contributed by atoms with Crippen LogP contribution in [0.4, 0.5) is 0 Å². The van der Waals surface area contributed by atoms with E-state index in [1.165, 1.54) is 41.4 Å². The highest BCUT2D eigenvalue weighted by Crippen LogP contribution is 2.28. The van der Waals surface area contributed by atoms with E-state index >= 15 is 0 Å². The second-order valence-corrected chi connectivity index (χ2v) is 23.9. The van der Waals surface area contributed by atoms with Gasteiger partial charge >= 0.3 is 11.9 Å². The van der Waals surface area contributed by atoms with Crippen molar-refractivity contribution < 1.29 is 77.1 Å². The largest absolute Gasteiger partial charge is 0.508 e. The lowest BCUT2D eigenvalue weighted by Gasteiger charge is -2.35. The molecule has 28 heteroatoms. The molecule has 2 aromatic carbocycles. The number of amides is 8. The van der Waals surface area contributed by atoms with Gasteiger partial charge < -0.3 is 50.4 Å². The number of carbonyl (C=O) groups is 10. The number of benzene rings is 2. The first kappa shape index (κ1) is 68.5. The molecule has 0 bridgehead atoms. The summed E-state index contributed by atoms with van der Waals surface area (Å²) >= 11 is 0. The minimum absolute atomic E-state index is 0.0611. The molecule has 472 valence electrons. The second-order valence-electron chi connectivity index (χ2n) is 21.5. The Bertz CT molecular complexity index is 2900. The van der Waals surface area contributed by atoms with Gasteiger partial charge in [0.15, 0.2) is 0 Å². The van der Waals surface area contributed by atoms with Crippen molar-refractivity contribution in [3.05, 3.63) is 95.7 Å². The number of hydrogen-bond donors (Lipinski definition) is 8. The Kier molecular flexibility index (Phi) is 27.3. The number of carbonyl (C=O) groups excluding carboxylic acids is 10. The first-order valence-electron chi connectivity index (χ1n) is 28.8. The van der Waals surface area contributed by atoms with Crippen LogP contribution in [0.15, 0.2) is 84.0 Å². The summed E-state index contributed by atoms with van der Waals surface area (Å²) in [4.78, 5) is 139. The summed E-state index contributed by atoms with van der Waals surface area (Å²) in [5.41, 5.74) is 6.95. The Labute approximate surface area is 512 Å². The van der Waals surface area contributed by atoms with Crippen molar-refractivity contribution in [1.29, 1.82) is 0 Å². The molecule has 0 aliphatic carbocycles. The van der Waals surface area contributed by atoms with Crippen LogP contribution in [0.25, 0.3) is 0 Å². The van der Waals surface area contributed by atoms with Gasteiger partial charge in [-0.15, -0.1) is 0 Å². The summed E-state index contributed by atoms with van der Waals surface area (Å²) in [6.07, 6.45) is 4.66. The van der Waals surface area contributed by atoms with Gasteiger partial charge in [0.2, 0.25) is 23.6 Å². The van der Waals surface area contributed by atoms with E-state index in [0.717, 1.165) is 27.8 Å². The van der Waals surface area contributed by atoms with Crippen molar-refractivity contribution in [3.63, 3.8) is 0 Å². The van der Waals surface area contributed by atoms with Crippen LogP contribution in [0, 0.1) is 11.8 Å². The molecule has 6 rings (SSSR count). The number of hydrogen-bond acceptors (Lipinski definition) is 21. The molecule has 0 unspecified atom stereocenters. The molecule has 2 fully saturated rings. The van der Waals surface area contributed by atoms with Crippen molar-refractivity contribution in [2.45, 2.75) is 127 Å². The SMILES string of the molecule is COC(=O)[C@@H]1CCCN(C(=O)[C@H](Cc2cc(O)cc(COC(=O)[C@@H]3CCCN(C(=O)[C@H](Cc4cccc(O)c4)NC(=O)[C@@H](NC(=O)CCN4C(=O)C=CC4=O)C(C)C)N3)c2)NC(=O)[C@@H](NC(=O)CCOCCOCCSSc2ccccn2)C(C)C)N1. The maximum absolute atomic E-state index is 14.4. The third-order valence-electron chi connectivity index (χ3n) is 14.0. The molecule has 3 aromatic rings. The minimum atomic E-state index is -1.32. The Morgan fingerprint density at radius 2 is 1.22 bits per heavy atom. The van der Waals surface area contributed by atoms with Crippen LogP contribution in [0.3, 0.4) is 0 Å². The summed E-state index contributed by atoms with van der Waals surface area (Å²) in [7, 11) is 4.40. The number of ether oxygens (including phenoxy) is 4. The summed E-state index contributed by atoms with van der Waals surface area (Å²) in [6.45, 7) is 7.67. The third kappa shape index (κ3) is 21.9. The predicted molar refractivity (Wildman–Crippen MR) is 318 cm³/mol. The molecule has 0 spiro atoms. The lowest BCUT2D eigenvalue weighted by atomic mass is 9.99. The molecular formula is C59H78N10O16S2. The summed E-state index contributed by atoms with van der Waals surface area (Å²) in [5.74, 6) is -6.74. The van der Waals surface area contributed by atoms with Crippen LogP contribution in [-0.4, -0.2) is 184 Å². The summed E-state index contributed by atoms with van der Waals surface area (Å²) in [5, 5.41) is 35.5. The van der Waals surface area contributed by atoms with E-state index in [1.54, 1.807) is 73.7 Å². The maximum atomic E-state index is 14.4. The zero-order valence-corrected chi connectivity index (χ0v) is 51.0. The quantitative estimate of drug-likeness (QED) is 0.0192. The molecular weight excluding hydrogens is 1170 g/mol. The molecule has 0 radical (unpaired) electrons. The number of pyridine rings is 1. The molecule has 8 N–H and O–H groups in total. The molecule has 87 heavy (non-hydrogen) atoms. The molecule has 3 aliphatic heterocycles. The fourth-order valence-electron chi connectivity index (χ4n) is 9.53. The highest BCUT2D eigenvalue weighted by molar-refractivity contribution is 8.76. The highest BCUT2D eigenvalue weighted by atomic mass is 33.1. The Hall–Kier alpha value is -7.63. The number of imide groups is 1. The van der Waals surface area contributed by atoms with Gasteiger partial charge in [-0.1, -0.05) is 62.8 Å². The average molecular weight is 1250 g/mol. The van der Waals surface area contributed by atoms with Crippen molar-refractivity contribution in [1.82, 2.24) is 52.0 Å². The third-order valence-corrected chi connectivity index (χ3v) is 16.3. The van der Waals surface area contributed by atoms with Gasteiger partial charge in [0.05, 0.1) is 33.5 Å². The standard InChI is InChI=1S/C59H78N10O16S2/c1-36(2)52(63-47(72)18-23-67-50(74)16-17-51(67)75)54(76)61-45(33-38-11-8-12-41(70)30-38)56(78)69-22-10-14-44(66-69)59(81)85-35-40-29-39(31-42(71)32-40)34-46(57(79)68-21-9-13-43(65-68)58(80)82-5)62-55(77)53(37(3)4)64-48(73)19-24-83-25-26-84-27-28-86-87-49-15-6-7-20-60-49/h6-8,11-12,15-17,20,29-32,36-37,43-46,52-53,65-66,70-71H,9-10,13-14,18-19,21-28,33-35H2,1-5H3,(H,61,76)(H,62,77)(H,63,72)(H,64,73)/t43-,44-,45-,46-,52-,53-/m0/s1. The zero-order chi connectivity index (χ0) is 63.0. The number of rotatable bonds is 32. The molecule has 0 saturated carbocycles. The van der Waals surface area contributed by atoms with E-state index in [-0.39, 0.29) is 83.1 Å². The van der Waals surface area contributed by atoms with Gasteiger partial charge in [0.1, 0.15) is 59.4 Å². The molecule has 2 saturated heterocycles. The van der Waals surface area contributed by atoms with E-state index in [1.807, 2.05) is 18.2 Å². The monoisotopic (exact) mass is 1250 g/mol. The fourth-order valence-corrected chi connectivity index (χ4v) is 11.3. The number of nitrogens with zero attached hydrogens (tertiary/aromatic N) is 4. The number of hydrazine groups is 2. The molecule has 8 amide bonds. The molecule has 1 aromatic heterocycles. The number of phenols is 2. The fraction of sp³-hybridized carbons (Fsp3) is 0.508. The zero-order valence-electron chi connectivity index (χ0n) is 49.4. The lowest BCUT2D eigenvalue weighted by molar-refractivity contribution is -0.154. The van der Waals surface area contributed by atoms with E-state index in [9.17, 15) is 58.2 Å². The van der Waals surface area contributed by atoms with E-state index in [4.69, 9.17) is 18.9 Å². The average Bonchev–Trinajstić information content (AvgIpc) is 3.20. The smallest absolute Gasteiger partial charge is 0.325 e. The number of phenolic OH excluding ortho intramolecular Hbond substituents is 2. The predicted octanol–water partition coefficient (Wildman–Crippen LogP) is 1.92. The van der Waals surface area contributed by atoms with Gasteiger partial charge in [-0.3, -0.25) is 62.9 Å². The van der Waals surface area contributed by atoms with Gasteiger partial charge in [-0.05, 0) is 101 Å². The molecule has 4 heterocycles. The van der Waals surface area contributed by atoms with Crippen LogP contribution in [0.2, 0.25) is 0 Å². The Morgan fingerprint density at radius 1 is 0.655 bits per heavy atom. The van der Waals surface area contributed by atoms with E-state index in [2.05, 4.69) is 37.1 Å². The van der Waals surface area contributed by atoms with Crippen LogP contribution >= 0.6 is 21.6 Å². The van der Waals surface area contributed by atoms with Crippen LogP contribution < -0.4 is 32.1 Å². The van der Waals surface area contributed by atoms with Crippen molar-refractivity contribution >= 4 is 80.8 Å². The number of esters is 2. The number of aromatic nitrogens is 1. The first-order valence-corrected chi connectivity index (χ1v) is 31.1. The van der Waals surface area contributed by atoms with Crippen LogP contribution in [-0.2, 0) is 86.3 Å². The number of nitrogens with one attached hydrogen (secondary N) is 6. The highest BCUT2D eigenvalue weighted by Gasteiger charge is 2.38. The number of methoxy groups -OCH3 is 1. The van der Waals surface area contributed by atoms with Gasteiger partial charge in [0.25, 0.3) is 23.6 Å². The molecule has 6 atom stereocenters. The molecule has 26 nitrogen and oxygen atoms in total. The summed E-state index contributed by atoms with van der Waals surface area (Å²) in [6, 6.07) is 9.36. The van der Waals surface area contributed by atoms with Crippen molar-refractivity contribution in [3.8, 4) is 11.5 Å². The van der Waals surface area contributed by atoms with Crippen molar-refractivity contribution in [2.75, 3.05) is 58.9 Å². The minimum Gasteiger partial charge on any atom is -0.508 e. The Morgan fingerprint density at radius 3 is 1.79 bits per heavy atom. The van der Waals surface area contributed by atoms with Gasteiger partial charge in [-0.25, -0.2) is 15.8 Å². The summed E-state index contributed by atoms with van der Waals surface area (Å²) < 4.78 is 21.9. The second kappa shape index (κ2) is 34.6. The normalized spacial score (nSPS) is 17.3. The van der Waals surface area contributed by atoms with Crippen LogP contribution in [0.5, 0.6) is 11.5 Å². The molecule has 3 aliphatic rings. The topological polar surface area (TPSA) is 343 Å². The van der Waals surface area contributed by atoms with Crippen molar-refractivity contribution in [2.24, 2.45) is 11.8 Å². The van der Waals surface area contributed by atoms with E-state index < -0.39 is 107 Å². The van der Waals surface area contributed by atoms with Crippen LogP contribution in [0.1, 0.15) is 82.9 Å². The number of aromatic hydroxyl groups is 2. The Balaban J connectivity index is 1.06.